The molecule has 1 heterocycles. The number of halogens is 2. The fourth-order valence-corrected chi connectivity index (χ4v) is 1.68. The van der Waals surface area contributed by atoms with E-state index in [4.69, 9.17) is 4.74 Å². The number of methoxy groups -OCH3 is 1. The van der Waals surface area contributed by atoms with Crippen LogP contribution in [-0.2, 0) is 11.3 Å². The molecule has 21 heavy (non-hydrogen) atoms. The maximum absolute atomic E-state index is 12.1. The topological polar surface area (TPSA) is 61.2 Å². The standard InChI is InChI=1S/C13H16F2N4O2/c1-20-7-6-16-8-10-9-19(18-17-10)11-2-4-12(5-3-11)21-13(14)15/h2-5,9,13,16H,6-8H2,1H3. The third-order valence-corrected chi connectivity index (χ3v) is 2.66. The fourth-order valence-electron chi connectivity index (χ4n) is 1.68. The molecule has 0 atom stereocenters. The van der Waals surface area contributed by atoms with E-state index in [2.05, 4.69) is 20.4 Å². The molecule has 8 heteroatoms. The van der Waals surface area contributed by atoms with Crippen LogP contribution in [0.5, 0.6) is 5.75 Å². The van der Waals surface area contributed by atoms with Gasteiger partial charge in [-0.15, -0.1) is 5.10 Å². The average Bonchev–Trinajstić information content (AvgIpc) is 2.93. The van der Waals surface area contributed by atoms with E-state index in [0.29, 0.717) is 18.8 Å². The summed E-state index contributed by atoms with van der Waals surface area (Å²) in [6.45, 7) is -0.898. The van der Waals surface area contributed by atoms with Crippen molar-refractivity contribution in [2.45, 2.75) is 13.2 Å². The van der Waals surface area contributed by atoms with Gasteiger partial charge in [-0.1, -0.05) is 5.21 Å². The van der Waals surface area contributed by atoms with Crippen LogP contribution in [0.2, 0.25) is 0 Å². The molecular weight excluding hydrogens is 282 g/mol. The molecule has 0 saturated carbocycles. The van der Waals surface area contributed by atoms with Crippen molar-refractivity contribution in [1.82, 2.24) is 20.3 Å². The Bertz CT molecular complexity index is 545. The molecule has 1 aromatic heterocycles. The summed E-state index contributed by atoms with van der Waals surface area (Å²) < 4.78 is 34.9. The Hall–Kier alpha value is -2.06. The highest BCUT2D eigenvalue weighted by molar-refractivity contribution is 5.36. The van der Waals surface area contributed by atoms with Crippen molar-refractivity contribution in [2.75, 3.05) is 20.3 Å². The fraction of sp³-hybridized carbons (Fsp3) is 0.385. The molecule has 2 aromatic rings. The van der Waals surface area contributed by atoms with Crippen LogP contribution < -0.4 is 10.1 Å². The van der Waals surface area contributed by atoms with Gasteiger partial charge >= 0.3 is 6.61 Å². The summed E-state index contributed by atoms with van der Waals surface area (Å²) in [5.41, 5.74) is 1.49. The second-order valence-corrected chi connectivity index (χ2v) is 4.20. The second-order valence-electron chi connectivity index (χ2n) is 4.20. The average molecular weight is 298 g/mol. The van der Waals surface area contributed by atoms with Crippen LogP contribution in [0, 0.1) is 0 Å². The Morgan fingerprint density at radius 3 is 2.71 bits per heavy atom. The van der Waals surface area contributed by atoms with Crippen LogP contribution in [-0.4, -0.2) is 41.9 Å². The first kappa shape index (κ1) is 15.3. The molecule has 114 valence electrons. The molecule has 0 saturated heterocycles. The van der Waals surface area contributed by atoms with Crippen LogP contribution in [0.4, 0.5) is 8.78 Å². The van der Waals surface area contributed by atoms with Gasteiger partial charge in [0.25, 0.3) is 0 Å². The van der Waals surface area contributed by atoms with E-state index in [1.165, 1.54) is 12.1 Å². The van der Waals surface area contributed by atoms with E-state index in [0.717, 1.165) is 12.2 Å². The van der Waals surface area contributed by atoms with Crippen molar-refractivity contribution < 1.29 is 18.3 Å². The van der Waals surface area contributed by atoms with Crippen molar-refractivity contribution >= 4 is 0 Å². The number of nitrogens with one attached hydrogen (secondary N) is 1. The number of aromatic nitrogens is 3. The molecule has 0 aliphatic heterocycles. The summed E-state index contributed by atoms with van der Waals surface area (Å²) in [6.07, 6.45) is 1.77. The van der Waals surface area contributed by atoms with Crippen LogP contribution in [0.3, 0.4) is 0 Å². The SMILES string of the molecule is COCCNCc1cn(-c2ccc(OC(F)F)cc2)nn1. The van der Waals surface area contributed by atoms with Gasteiger partial charge in [0.05, 0.1) is 24.2 Å². The lowest BCUT2D eigenvalue weighted by atomic mass is 10.3. The van der Waals surface area contributed by atoms with E-state index in [1.54, 1.807) is 30.1 Å². The summed E-state index contributed by atoms with van der Waals surface area (Å²) in [5.74, 6) is 0.107. The Morgan fingerprint density at radius 2 is 2.05 bits per heavy atom. The third kappa shape index (κ3) is 4.76. The maximum atomic E-state index is 12.1. The van der Waals surface area contributed by atoms with Crippen LogP contribution in [0.1, 0.15) is 5.69 Å². The Kier molecular flexibility index (Phi) is 5.59. The quantitative estimate of drug-likeness (QED) is 0.750. The molecule has 2 rings (SSSR count). The summed E-state index contributed by atoms with van der Waals surface area (Å²) in [4.78, 5) is 0. The lowest BCUT2D eigenvalue weighted by Gasteiger charge is -2.05. The van der Waals surface area contributed by atoms with Crippen molar-refractivity contribution in [3.8, 4) is 11.4 Å². The molecule has 1 aromatic carbocycles. The molecule has 0 unspecified atom stereocenters. The summed E-state index contributed by atoms with van der Waals surface area (Å²) in [6, 6.07) is 6.18. The van der Waals surface area contributed by atoms with Crippen molar-refractivity contribution in [3.05, 3.63) is 36.2 Å². The summed E-state index contributed by atoms with van der Waals surface area (Å²) in [7, 11) is 1.64. The lowest BCUT2D eigenvalue weighted by Crippen LogP contribution is -2.18. The van der Waals surface area contributed by atoms with Gasteiger partial charge in [-0.25, -0.2) is 4.68 Å². The number of benzene rings is 1. The zero-order chi connectivity index (χ0) is 15.1. The van der Waals surface area contributed by atoms with E-state index in [1.807, 2.05) is 0 Å². The minimum absolute atomic E-state index is 0.107. The lowest BCUT2D eigenvalue weighted by molar-refractivity contribution is -0.0498. The van der Waals surface area contributed by atoms with Gasteiger partial charge in [-0.3, -0.25) is 0 Å². The molecule has 0 aliphatic rings. The molecule has 0 spiro atoms. The molecule has 0 aliphatic carbocycles. The third-order valence-electron chi connectivity index (χ3n) is 2.66. The minimum Gasteiger partial charge on any atom is -0.435 e. The number of ether oxygens (including phenoxy) is 2. The zero-order valence-corrected chi connectivity index (χ0v) is 11.5. The van der Waals surface area contributed by atoms with Gasteiger partial charge in [-0.2, -0.15) is 8.78 Å². The molecule has 0 radical (unpaired) electrons. The number of nitrogens with zero attached hydrogens (tertiary/aromatic N) is 3. The van der Waals surface area contributed by atoms with Crippen LogP contribution >= 0.6 is 0 Å². The normalized spacial score (nSPS) is 11.0. The van der Waals surface area contributed by atoms with Crippen molar-refractivity contribution in [3.63, 3.8) is 0 Å². The highest BCUT2D eigenvalue weighted by atomic mass is 19.3. The first-order valence-electron chi connectivity index (χ1n) is 6.35. The van der Waals surface area contributed by atoms with Gasteiger partial charge in [-0.05, 0) is 24.3 Å². The monoisotopic (exact) mass is 298 g/mol. The van der Waals surface area contributed by atoms with E-state index in [-0.39, 0.29) is 5.75 Å². The van der Waals surface area contributed by atoms with Gasteiger partial charge in [0.1, 0.15) is 5.75 Å². The first-order chi connectivity index (χ1) is 10.2. The van der Waals surface area contributed by atoms with Gasteiger partial charge in [0.15, 0.2) is 0 Å². The number of rotatable bonds is 8. The Labute approximate surface area is 120 Å². The smallest absolute Gasteiger partial charge is 0.387 e. The Balaban J connectivity index is 1.94. The van der Waals surface area contributed by atoms with E-state index >= 15 is 0 Å². The van der Waals surface area contributed by atoms with Gasteiger partial charge in [0, 0.05) is 20.2 Å². The molecule has 0 fully saturated rings. The number of alkyl halides is 2. The second kappa shape index (κ2) is 7.65. The predicted octanol–water partition coefficient (Wildman–Crippen LogP) is 1.60. The van der Waals surface area contributed by atoms with E-state index in [9.17, 15) is 8.78 Å². The molecule has 1 N–H and O–H groups in total. The van der Waals surface area contributed by atoms with Gasteiger partial charge < -0.3 is 14.8 Å². The molecule has 0 amide bonds. The highest BCUT2D eigenvalue weighted by Gasteiger charge is 2.06. The molecule has 6 nitrogen and oxygen atoms in total. The van der Waals surface area contributed by atoms with Crippen molar-refractivity contribution in [2.24, 2.45) is 0 Å². The van der Waals surface area contributed by atoms with Crippen LogP contribution in [0.15, 0.2) is 30.5 Å². The maximum Gasteiger partial charge on any atom is 0.387 e. The van der Waals surface area contributed by atoms with Gasteiger partial charge in [0.2, 0.25) is 0 Å². The largest absolute Gasteiger partial charge is 0.435 e. The van der Waals surface area contributed by atoms with Crippen LogP contribution in [0.25, 0.3) is 5.69 Å². The summed E-state index contributed by atoms with van der Waals surface area (Å²) in [5, 5.41) is 11.2. The number of hydrogen-bond donors (Lipinski definition) is 1. The molecule has 0 bridgehead atoms. The minimum atomic E-state index is -2.83. The summed E-state index contributed by atoms with van der Waals surface area (Å²) >= 11 is 0. The van der Waals surface area contributed by atoms with E-state index < -0.39 is 6.61 Å². The highest BCUT2D eigenvalue weighted by Crippen LogP contribution is 2.16. The first-order valence-corrected chi connectivity index (χ1v) is 6.35. The Morgan fingerprint density at radius 1 is 1.29 bits per heavy atom. The predicted molar refractivity (Wildman–Crippen MR) is 71.6 cm³/mol. The molecular formula is C13H16F2N4O2. The van der Waals surface area contributed by atoms with Crippen molar-refractivity contribution in [1.29, 1.82) is 0 Å². The number of hydrogen-bond acceptors (Lipinski definition) is 5. The zero-order valence-electron chi connectivity index (χ0n) is 11.5.